The van der Waals surface area contributed by atoms with E-state index in [4.69, 9.17) is 9.47 Å². The fraction of sp³-hybridized carbons (Fsp3) is 0.571. The van der Waals surface area contributed by atoms with E-state index in [1.54, 1.807) is 26.3 Å². The van der Waals surface area contributed by atoms with Crippen LogP contribution in [0.25, 0.3) is 0 Å². The van der Waals surface area contributed by atoms with Gasteiger partial charge in [-0.25, -0.2) is 4.98 Å². The first-order chi connectivity index (χ1) is 9.54. The number of pyridine rings is 1. The normalized spacial score (nSPS) is 12.1. The Morgan fingerprint density at radius 3 is 2.80 bits per heavy atom. The lowest BCUT2D eigenvalue weighted by molar-refractivity contribution is -0.121. The van der Waals surface area contributed by atoms with Crippen LogP contribution in [0, 0.1) is 0 Å². The minimum Gasteiger partial charge on any atom is -0.473 e. The first kappa shape index (κ1) is 16.2. The van der Waals surface area contributed by atoms with Crippen molar-refractivity contribution in [3.05, 3.63) is 18.3 Å². The number of rotatable bonds is 8. The van der Waals surface area contributed by atoms with Gasteiger partial charge in [0.05, 0.1) is 18.4 Å². The molecule has 1 amide bonds. The minimum atomic E-state index is -0.384. The molecule has 1 aromatic heterocycles. The zero-order valence-corrected chi connectivity index (χ0v) is 12.5. The highest BCUT2D eigenvalue weighted by Crippen LogP contribution is 2.22. The third-order valence-corrected chi connectivity index (χ3v) is 2.49. The first-order valence-electron chi connectivity index (χ1n) is 6.69. The van der Waals surface area contributed by atoms with E-state index < -0.39 is 0 Å². The third kappa shape index (κ3) is 5.44. The number of amides is 1. The monoisotopic (exact) mass is 281 g/mol. The SMILES string of the molecule is COCCNC(=O)C(C)Nc1cccnc1OC(C)C. The number of carbonyl (C=O) groups is 1. The molecule has 0 aromatic carbocycles. The molecule has 0 radical (unpaired) electrons. The summed E-state index contributed by atoms with van der Waals surface area (Å²) in [5.74, 6) is 0.403. The Bertz CT molecular complexity index is 424. The quantitative estimate of drug-likeness (QED) is 0.705. The predicted molar refractivity (Wildman–Crippen MR) is 78.0 cm³/mol. The Hall–Kier alpha value is -1.82. The van der Waals surface area contributed by atoms with E-state index in [0.717, 1.165) is 0 Å². The van der Waals surface area contributed by atoms with Gasteiger partial charge >= 0.3 is 0 Å². The second kappa shape index (κ2) is 8.37. The van der Waals surface area contributed by atoms with Gasteiger partial charge in [0.2, 0.25) is 11.8 Å². The van der Waals surface area contributed by atoms with Gasteiger partial charge < -0.3 is 20.1 Å². The summed E-state index contributed by atoms with van der Waals surface area (Å²) in [5.41, 5.74) is 0.704. The van der Waals surface area contributed by atoms with E-state index in [2.05, 4.69) is 15.6 Å². The molecular weight excluding hydrogens is 258 g/mol. The highest BCUT2D eigenvalue weighted by Gasteiger charge is 2.15. The molecule has 0 aliphatic heterocycles. The Balaban J connectivity index is 2.60. The molecule has 1 atom stereocenters. The van der Waals surface area contributed by atoms with Crippen molar-refractivity contribution in [1.82, 2.24) is 10.3 Å². The fourth-order valence-corrected chi connectivity index (χ4v) is 1.55. The Kier molecular flexibility index (Phi) is 6.79. The molecule has 1 rings (SSSR count). The average molecular weight is 281 g/mol. The summed E-state index contributed by atoms with van der Waals surface area (Å²) in [6.45, 7) is 6.63. The summed E-state index contributed by atoms with van der Waals surface area (Å²) < 4.78 is 10.5. The van der Waals surface area contributed by atoms with Gasteiger partial charge in [-0.3, -0.25) is 4.79 Å². The van der Waals surface area contributed by atoms with Crippen molar-refractivity contribution in [2.75, 3.05) is 25.6 Å². The summed E-state index contributed by atoms with van der Waals surface area (Å²) in [5, 5.41) is 5.88. The van der Waals surface area contributed by atoms with Crippen LogP contribution in [0.2, 0.25) is 0 Å². The molecule has 0 saturated heterocycles. The molecule has 2 N–H and O–H groups in total. The molecule has 1 heterocycles. The van der Waals surface area contributed by atoms with Crippen LogP contribution < -0.4 is 15.4 Å². The van der Waals surface area contributed by atoms with Crippen molar-refractivity contribution in [1.29, 1.82) is 0 Å². The zero-order chi connectivity index (χ0) is 15.0. The maximum atomic E-state index is 11.9. The molecule has 112 valence electrons. The van der Waals surface area contributed by atoms with Crippen molar-refractivity contribution in [3.8, 4) is 5.88 Å². The van der Waals surface area contributed by atoms with Gasteiger partial charge in [-0.05, 0) is 32.9 Å². The van der Waals surface area contributed by atoms with Crippen molar-refractivity contribution >= 4 is 11.6 Å². The third-order valence-electron chi connectivity index (χ3n) is 2.49. The molecule has 1 aromatic rings. The second-order valence-electron chi connectivity index (χ2n) is 4.67. The Morgan fingerprint density at radius 2 is 2.15 bits per heavy atom. The van der Waals surface area contributed by atoms with E-state index in [0.29, 0.717) is 24.7 Å². The number of nitrogens with one attached hydrogen (secondary N) is 2. The number of hydrogen-bond donors (Lipinski definition) is 2. The van der Waals surface area contributed by atoms with Crippen LogP contribution in [0.4, 0.5) is 5.69 Å². The van der Waals surface area contributed by atoms with Gasteiger partial charge in [0, 0.05) is 19.9 Å². The van der Waals surface area contributed by atoms with Crippen LogP contribution in [0.1, 0.15) is 20.8 Å². The van der Waals surface area contributed by atoms with Crippen LogP contribution in [0.15, 0.2) is 18.3 Å². The zero-order valence-electron chi connectivity index (χ0n) is 12.5. The molecule has 1 unspecified atom stereocenters. The van der Waals surface area contributed by atoms with Crippen molar-refractivity contribution in [2.24, 2.45) is 0 Å². The lowest BCUT2D eigenvalue weighted by Crippen LogP contribution is -2.39. The minimum absolute atomic E-state index is 0.0243. The number of carbonyl (C=O) groups excluding carboxylic acids is 1. The maximum Gasteiger partial charge on any atom is 0.242 e. The summed E-state index contributed by atoms with van der Waals surface area (Å²) >= 11 is 0. The van der Waals surface area contributed by atoms with E-state index in [-0.39, 0.29) is 18.1 Å². The molecule has 6 nitrogen and oxygen atoms in total. The first-order valence-corrected chi connectivity index (χ1v) is 6.69. The largest absolute Gasteiger partial charge is 0.473 e. The molecule has 20 heavy (non-hydrogen) atoms. The fourth-order valence-electron chi connectivity index (χ4n) is 1.55. The van der Waals surface area contributed by atoms with Crippen molar-refractivity contribution in [3.63, 3.8) is 0 Å². The van der Waals surface area contributed by atoms with Gasteiger partial charge in [-0.2, -0.15) is 0 Å². The number of anilines is 1. The lowest BCUT2D eigenvalue weighted by atomic mass is 10.3. The molecule has 6 heteroatoms. The highest BCUT2D eigenvalue weighted by atomic mass is 16.5. The molecule has 0 aliphatic rings. The number of methoxy groups -OCH3 is 1. The van der Waals surface area contributed by atoms with Gasteiger partial charge in [0.15, 0.2) is 0 Å². The number of hydrogen-bond acceptors (Lipinski definition) is 5. The topological polar surface area (TPSA) is 72.5 Å². The number of ether oxygens (including phenoxy) is 2. The number of nitrogens with zero attached hydrogens (tertiary/aromatic N) is 1. The van der Waals surface area contributed by atoms with Crippen LogP contribution in [-0.4, -0.2) is 43.3 Å². The standard InChI is InChI=1S/C14H23N3O3/c1-10(2)20-14-12(6-5-7-16-14)17-11(3)13(18)15-8-9-19-4/h5-7,10-11,17H,8-9H2,1-4H3,(H,15,18). The van der Waals surface area contributed by atoms with E-state index >= 15 is 0 Å². The molecular formula is C14H23N3O3. The van der Waals surface area contributed by atoms with E-state index in [9.17, 15) is 4.79 Å². The van der Waals surface area contributed by atoms with Crippen molar-refractivity contribution in [2.45, 2.75) is 32.9 Å². The van der Waals surface area contributed by atoms with Crippen LogP contribution in [-0.2, 0) is 9.53 Å². The highest BCUT2D eigenvalue weighted by molar-refractivity contribution is 5.84. The van der Waals surface area contributed by atoms with Crippen LogP contribution in [0.3, 0.4) is 0 Å². The van der Waals surface area contributed by atoms with E-state index in [1.807, 2.05) is 19.9 Å². The summed E-state index contributed by atoms with van der Waals surface area (Å²) in [6, 6.07) is 3.25. The van der Waals surface area contributed by atoms with Crippen LogP contribution in [0.5, 0.6) is 5.88 Å². The lowest BCUT2D eigenvalue weighted by Gasteiger charge is -2.18. The molecule has 0 bridgehead atoms. The summed E-state index contributed by atoms with van der Waals surface area (Å²) in [6.07, 6.45) is 1.68. The summed E-state index contributed by atoms with van der Waals surface area (Å²) in [7, 11) is 1.60. The summed E-state index contributed by atoms with van der Waals surface area (Å²) in [4.78, 5) is 16.0. The van der Waals surface area contributed by atoms with Crippen LogP contribution >= 0.6 is 0 Å². The predicted octanol–water partition coefficient (Wildman–Crippen LogP) is 1.43. The van der Waals surface area contributed by atoms with Crippen molar-refractivity contribution < 1.29 is 14.3 Å². The molecule has 0 aliphatic carbocycles. The smallest absolute Gasteiger partial charge is 0.242 e. The Morgan fingerprint density at radius 1 is 1.40 bits per heavy atom. The average Bonchev–Trinajstić information content (AvgIpc) is 2.40. The molecule has 0 spiro atoms. The maximum absolute atomic E-state index is 11.9. The molecule has 0 fully saturated rings. The van der Waals surface area contributed by atoms with Gasteiger partial charge in [0.25, 0.3) is 0 Å². The second-order valence-corrected chi connectivity index (χ2v) is 4.67. The molecule has 0 saturated carbocycles. The Labute approximate surface area is 119 Å². The van der Waals surface area contributed by atoms with Gasteiger partial charge in [-0.15, -0.1) is 0 Å². The van der Waals surface area contributed by atoms with E-state index in [1.165, 1.54) is 0 Å². The van der Waals surface area contributed by atoms with Gasteiger partial charge in [0.1, 0.15) is 6.04 Å². The number of aromatic nitrogens is 1. The van der Waals surface area contributed by atoms with Gasteiger partial charge in [-0.1, -0.05) is 0 Å².